The average molecular weight is 495 g/mol. The first-order valence-corrected chi connectivity index (χ1v) is 11.9. The summed E-state index contributed by atoms with van der Waals surface area (Å²) in [7, 11) is 2.10. The summed E-state index contributed by atoms with van der Waals surface area (Å²) in [6, 6.07) is 14.3. The third kappa shape index (κ3) is 5.08. The fraction of sp³-hybridized carbons (Fsp3) is 0.200. The number of H-pyrrole nitrogens is 1. The number of hydrogen-bond acceptors (Lipinski definition) is 6. The summed E-state index contributed by atoms with van der Waals surface area (Å²) in [6.45, 7) is 3.76. The number of nitrogen functional groups attached to an aromatic ring is 1. The number of halogens is 2. The van der Waals surface area contributed by atoms with Crippen LogP contribution in [0.25, 0.3) is 10.9 Å². The first kappa shape index (κ1) is 23.1. The minimum Gasteiger partial charge on any atom is -0.398 e. The van der Waals surface area contributed by atoms with Gasteiger partial charge in [-0.1, -0.05) is 11.8 Å². The third-order valence-electron chi connectivity index (χ3n) is 5.99. The fourth-order valence-corrected chi connectivity index (χ4v) is 5.00. The van der Waals surface area contributed by atoms with Gasteiger partial charge in [-0.2, -0.15) is 5.10 Å². The molecule has 4 aromatic rings. The number of nitrogens with zero attached hydrogens (tertiary/aromatic N) is 3. The van der Waals surface area contributed by atoms with Gasteiger partial charge in [0.1, 0.15) is 11.6 Å². The van der Waals surface area contributed by atoms with Crippen LogP contribution in [0.3, 0.4) is 0 Å². The molecule has 3 aromatic carbocycles. The molecule has 2 heterocycles. The van der Waals surface area contributed by atoms with Crippen molar-refractivity contribution in [3.8, 4) is 0 Å². The molecule has 5 rings (SSSR count). The highest BCUT2D eigenvalue weighted by atomic mass is 32.2. The van der Waals surface area contributed by atoms with Gasteiger partial charge in [0.15, 0.2) is 5.82 Å². The normalized spacial score (nSPS) is 14.4. The van der Waals surface area contributed by atoms with Gasteiger partial charge in [0.05, 0.1) is 11.1 Å². The van der Waals surface area contributed by atoms with Crippen molar-refractivity contribution in [2.75, 3.05) is 49.2 Å². The molecule has 1 aliphatic heterocycles. The van der Waals surface area contributed by atoms with E-state index in [-0.39, 0.29) is 5.91 Å². The highest BCUT2D eigenvalue weighted by Gasteiger charge is 2.18. The van der Waals surface area contributed by atoms with E-state index in [9.17, 15) is 13.6 Å². The van der Waals surface area contributed by atoms with Gasteiger partial charge in [-0.25, -0.2) is 8.78 Å². The molecule has 0 atom stereocenters. The van der Waals surface area contributed by atoms with Crippen LogP contribution in [0.2, 0.25) is 0 Å². The maximum Gasteiger partial charge on any atom is 0.258 e. The predicted octanol–water partition coefficient (Wildman–Crippen LogP) is 4.58. The molecule has 0 unspecified atom stereocenters. The highest BCUT2D eigenvalue weighted by molar-refractivity contribution is 7.99. The first-order valence-electron chi connectivity index (χ1n) is 11.1. The van der Waals surface area contributed by atoms with Crippen molar-refractivity contribution in [2.45, 2.75) is 9.79 Å². The molecule has 35 heavy (non-hydrogen) atoms. The molecule has 0 saturated carbocycles. The molecule has 1 saturated heterocycles. The molecule has 180 valence electrons. The van der Waals surface area contributed by atoms with Crippen LogP contribution in [0.15, 0.2) is 64.4 Å². The fourth-order valence-electron chi connectivity index (χ4n) is 4.07. The molecule has 4 N–H and O–H groups in total. The quantitative estimate of drug-likeness (QED) is 0.352. The van der Waals surface area contributed by atoms with Crippen molar-refractivity contribution in [3.63, 3.8) is 0 Å². The Bertz CT molecular complexity index is 1380. The number of hydrogen-bond donors (Lipinski definition) is 3. The number of carbonyl (C=O) groups is 1. The van der Waals surface area contributed by atoms with E-state index in [1.807, 2.05) is 24.3 Å². The lowest BCUT2D eigenvalue weighted by molar-refractivity contribution is 0.102. The molecule has 0 spiro atoms. The van der Waals surface area contributed by atoms with Crippen molar-refractivity contribution < 1.29 is 13.6 Å². The standard InChI is InChI=1S/C25H24F2N6OS/c1-32-6-8-33(9-7-32)17-2-4-20(22(28)13-17)25(34)29-24-21-14-18(3-5-23(21)30-31-24)35-19-11-15(26)10-16(27)12-19/h2-5,10-14H,6-9,28H2,1H3,(H2,29,30,31,34). The maximum absolute atomic E-state index is 13.6. The van der Waals surface area contributed by atoms with Crippen molar-refractivity contribution in [2.24, 2.45) is 0 Å². The molecular formula is C25H24F2N6OS. The molecule has 1 aromatic heterocycles. The number of nitrogens with one attached hydrogen (secondary N) is 2. The average Bonchev–Trinajstić information content (AvgIpc) is 3.20. The Kier molecular flexibility index (Phi) is 6.31. The second kappa shape index (κ2) is 9.55. The van der Waals surface area contributed by atoms with Crippen molar-refractivity contribution in [3.05, 3.63) is 71.8 Å². The number of rotatable bonds is 5. The van der Waals surface area contributed by atoms with Crippen molar-refractivity contribution in [1.82, 2.24) is 15.1 Å². The zero-order valence-electron chi connectivity index (χ0n) is 19.0. The summed E-state index contributed by atoms with van der Waals surface area (Å²) in [6.07, 6.45) is 0. The number of fused-ring (bicyclic) bond motifs is 1. The molecule has 1 aliphatic rings. The number of piperazine rings is 1. The van der Waals surface area contributed by atoms with Crippen molar-refractivity contribution in [1.29, 1.82) is 0 Å². The number of aromatic nitrogens is 2. The van der Waals surface area contributed by atoms with Crippen LogP contribution in [0.5, 0.6) is 0 Å². The zero-order chi connectivity index (χ0) is 24.5. The van der Waals surface area contributed by atoms with Gasteiger partial charge in [0.25, 0.3) is 5.91 Å². The van der Waals surface area contributed by atoms with Gasteiger partial charge < -0.3 is 20.9 Å². The third-order valence-corrected chi connectivity index (χ3v) is 6.95. The Balaban J connectivity index is 1.34. The molecule has 10 heteroatoms. The van der Waals surface area contributed by atoms with Crippen molar-refractivity contribution >= 4 is 45.8 Å². The minimum absolute atomic E-state index is 0.348. The second-order valence-electron chi connectivity index (χ2n) is 8.50. The summed E-state index contributed by atoms with van der Waals surface area (Å²) in [5.74, 6) is -1.30. The number of carbonyl (C=O) groups excluding carboxylic acids is 1. The maximum atomic E-state index is 13.6. The first-order chi connectivity index (χ1) is 16.9. The smallest absolute Gasteiger partial charge is 0.258 e. The zero-order valence-corrected chi connectivity index (χ0v) is 19.8. The Labute approximate surface area is 205 Å². The number of nitrogens with two attached hydrogens (primary N) is 1. The van der Waals surface area contributed by atoms with Crippen LogP contribution >= 0.6 is 11.8 Å². The summed E-state index contributed by atoms with van der Waals surface area (Å²) in [5.41, 5.74) is 8.70. The molecular weight excluding hydrogens is 470 g/mol. The summed E-state index contributed by atoms with van der Waals surface area (Å²) >= 11 is 1.21. The van der Waals surface area contributed by atoms with E-state index in [1.54, 1.807) is 12.1 Å². The number of amides is 1. The van der Waals surface area contributed by atoms with E-state index in [0.29, 0.717) is 32.9 Å². The lowest BCUT2D eigenvalue weighted by atomic mass is 10.1. The van der Waals surface area contributed by atoms with Gasteiger partial charge in [-0.3, -0.25) is 9.89 Å². The number of anilines is 3. The van der Waals surface area contributed by atoms with Crippen LogP contribution in [-0.4, -0.2) is 54.2 Å². The van der Waals surface area contributed by atoms with Crippen LogP contribution in [0.4, 0.5) is 26.0 Å². The minimum atomic E-state index is -0.638. The summed E-state index contributed by atoms with van der Waals surface area (Å²) in [5, 5.41) is 10.6. The Hall–Kier alpha value is -3.63. The highest BCUT2D eigenvalue weighted by Crippen LogP contribution is 2.33. The Morgan fingerprint density at radius 3 is 2.46 bits per heavy atom. The summed E-state index contributed by atoms with van der Waals surface area (Å²) < 4.78 is 27.1. The molecule has 1 fully saturated rings. The predicted molar refractivity (Wildman–Crippen MR) is 135 cm³/mol. The van der Waals surface area contributed by atoms with Crippen LogP contribution in [0, 0.1) is 11.6 Å². The van der Waals surface area contributed by atoms with E-state index in [4.69, 9.17) is 5.73 Å². The number of benzene rings is 3. The van der Waals surface area contributed by atoms with E-state index in [1.165, 1.54) is 23.9 Å². The van der Waals surface area contributed by atoms with E-state index >= 15 is 0 Å². The van der Waals surface area contributed by atoms with Gasteiger partial charge in [-0.05, 0) is 55.6 Å². The van der Waals surface area contributed by atoms with Gasteiger partial charge in [0, 0.05) is 58.8 Å². The Morgan fingerprint density at radius 2 is 1.74 bits per heavy atom. The molecule has 0 aliphatic carbocycles. The lowest BCUT2D eigenvalue weighted by Crippen LogP contribution is -2.44. The Morgan fingerprint density at radius 1 is 1.00 bits per heavy atom. The van der Waals surface area contributed by atoms with Crippen LogP contribution in [0.1, 0.15) is 10.4 Å². The molecule has 0 bridgehead atoms. The summed E-state index contributed by atoms with van der Waals surface area (Å²) in [4.78, 5) is 18.7. The van der Waals surface area contributed by atoms with E-state index in [0.717, 1.165) is 42.8 Å². The second-order valence-corrected chi connectivity index (χ2v) is 9.65. The largest absolute Gasteiger partial charge is 0.398 e. The monoisotopic (exact) mass is 494 g/mol. The van der Waals surface area contributed by atoms with Gasteiger partial charge >= 0.3 is 0 Å². The van der Waals surface area contributed by atoms with Crippen LogP contribution in [-0.2, 0) is 0 Å². The SMILES string of the molecule is CN1CCN(c2ccc(C(=O)Nc3n[nH]c4ccc(Sc5cc(F)cc(F)c5)cc34)c(N)c2)CC1. The van der Waals surface area contributed by atoms with Gasteiger partial charge in [-0.15, -0.1) is 0 Å². The van der Waals surface area contributed by atoms with E-state index < -0.39 is 11.6 Å². The van der Waals surface area contributed by atoms with Crippen LogP contribution < -0.4 is 16.0 Å². The lowest BCUT2D eigenvalue weighted by Gasteiger charge is -2.34. The van der Waals surface area contributed by atoms with E-state index in [2.05, 4.69) is 32.4 Å². The number of likely N-dealkylation sites (N-methyl/N-ethyl adjacent to an activating group) is 1. The molecule has 7 nitrogen and oxygen atoms in total. The van der Waals surface area contributed by atoms with Gasteiger partial charge in [0.2, 0.25) is 0 Å². The number of aromatic amines is 1. The topological polar surface area (TPSA) is 90.3 Å². The molecule has 0 radical (unpaired) electrons. The molecule has 1 amide bonds.